The van der Waals surface area contributed by atoms with Crippen LogP contribution in [0.2, 0.25) is 36.3 Å². The molecule has 4 nitrogen and oxygen atoms in total. The van der Waals surface area contributed by atoms with Gasteiger partial charge in [-0.25, -0.2) is 0 Å². The SMILES string of the molecule is CO[C@]12CC[C@@H](O[Si](C)(C)C(C)(C)C)[C@H](C#C[C@@H](O[Si](C)(C)C(C)(C)C)C3CCCCC3)[C@H]1CC2=O. The molecule has 0 aromatic rings. The molecule has 0 aromatic carbocycles. The van der Waals surface area contributed by atoms with Crippen molar-refractivity contribution in [1.29, 1.82) is 0 Å². The van der Waals surface area contributed by atoms with Crippen molar-refractivity contribution < 1.29 is 18.4 Å². The first-order chi connectivity index (χ1) is 16.5. The summed E-state index contributed by atoms with van der Waals surface area (Å²) in [5.41, 5.74) is -0.659. The maximum absolute atomic E-state index is 12.8. The molecule has 206 valence electrons. The van der Waals surface area contributed by atoms with Crippen LogP contribution in [0.3, 0.4) is 0 Å². The number of ether oxygens (including phenoxy) is 1. The summed E-state index contributed by atoms with van der Waals surface area (Å²) in [5, 5.41) is 0.276. The van der Waals surface area contributed by atoms with Gasteiger partial charge in [0.05, 0.1) is 12.0 Å². The summed E-state index contributed by atoms with van der Waals surface area (Å²) in [6, 6.07) is 0. The van der Waals surface area contributed by atoms with Gasteiger partial charge in [-0.2, -0.15) is 0 Å². The summed E-state index contributed by atoms with van der Waals surface area (Å²) in [5.74, 6) is 8.33. The molecule has 3 aliphatic carbocycles. The Kier molecular flexibility index (Phi) is 8.86. The second-order valence-corrected chi connectivity index (χ2v) is 24.3. The van der Waals surface area contributed by atoms with Gasteiger partial charge in [0.2, 0.25) is 0 Å². The maximum atomic E-state index is 12.8. The van der Waals surface area contributed by atoms with Crippen LogP contribution < -0.4 is 0 Å². The van der Waals surface area contributed by atoms with E-state index in [1.54, 1.807) is 7.11 Å². The minimum atomic E-state index is -1.98. The largest absolute Gasteiger partial charge is 0.413 e. The van der Waals surface area contributed by atoms with Gasteiger partial charge in [0.15, 0.2) is 22.4 Å². The molecule has 0 heterocycles. The lowest BCUT2D eigenvalue weighted by molar-refractivity contribution is -0.189. The van der Waals surface area contributed by atoms with E-state index in [0.29, 0.717) is 12.3 Å². The normalized spacial score (nSPS) is 31.2. The highest BCUT2D eigenvalue weighted by molar-refractivity contribution is 6.74. The molecular weight excluding hydrogens is 480 g/mol. The number of hydrogen-bond donors (Lipinski definition) is 0. The minimum absolute atomic E-state index is 0.0135. The fraction of sp³-hybridized carbons (Fsp3) is 0.900. The predicted molar refractivity (Wildman–Crippen MR) is 154 cm³/mol. The van der Waals surface area contributed by atoms with Gasteiger partial charge in [-0.3, -0.25) is 4.79 Å². The number of Topliss-reactive ketones (excluding diaryl/α,β-unsaturated/α-hetero) is 1. The van der Waals surface area contributed by atoms with Crippen molar-refractivity contribution in [3.05, 3.63) is 0 Å². The highest BCUT2D eigenvalue weighted by atomic mass is 28.4. The van der Waals surface area contributed by atoms with Crippen LogP contribution in [-0.2, 0) is 18.4 Å². The second kappa shape index (κ2) is 10.6. The van der Waals surface area contributed by atoms with E-state index in [2.05, 4.69) is 79.6 Å². The van der Waals surface area contributed by atoms with Gasteiger partial charge in [0.1, 0.15) is 11.7 Å². The lowest BCUT2D eigenvalue weighted by Gasteiger charge is -2.55. The first kappa shape index (κ1) is 30.1. The number of ketones is 1. The third-order valence-corrected chi connectivity index (χ3v) is 19.4. The van der Waals surface area contributed by atoms with E-state index in [0.717, 1.165) is 12.8 Å². The average molecular weight is 535 g/mol. The molecule has 0 aromatic heterocycles. The number of rotatable bonds is 6. The first-order valence-electron chi connectivity index (χ1n) is 14.4. The summed E-state index contributed by atoms with van der Waals surface area (Å²) in [6.45, 7) is 23.1. The zero-order valence-corrected chi connectivity index (χ0v) is 27.2. The Bertz CT molecular complexity index is 851. The monoisotopic (exact) mass is 534 g/mol. The highest BCUT2D eigenvalue weighted by Gasteiger charge is 2.62. The lowest BCUT2D eigenvalue weighted by atomic mass is 9.55. The Labute approximate surface area is 224 Å². The molecule has 36 heavy (non-hydrogen) atoms. The van der Waals surface area contributed by atoms with E-state index in [9.17, 15) is 4.79 Å². The van der Waals surface area contributed by atoms with Crippen LogP contribution in [0.25, 0.3) is 0 Å². The summed E-state index contributed by atoms with van der Waals surface area (Å²) in [6.07, 6.45) is 8.43. The summed E-state index contributed by atoms with van der Waals surface area (Å²) < 4.78 is 19.9. The number of fused-ring (bicyclic) bond motifs is 1. The van der Waals surface area contributed by atoms with E-state index in [-0.39, 0.29) is 39.9 Å². The van der Waals surface area contributed by atoms with Crippen molar-refractivity contribution in [2.75, 3.05) is 7.11 Å². The van der Waals surface area contributed by atoms with Crippen LogP contribution in [0.5, 0.6) is 0 Å². The highest BCUT2D eigenvalue weighted by Crippen LogP contribution is 2.53. The summed E-state index contributed by atoms with van der Waals surface area (Å²) >= 11 is 0. The topological polar surface area (TPSA) is 44.8 Å². The van der Waals surface area contributed by atoms with Gasteiger partial charge < -0.3 is 13.6 Å². The molecule has 3 rings (SSSR count). The van der Waals surface area contributed by atoms with Crippen molar-refractivity contribution in [1.82, 2.24) is 0 Å². The molecule has 3 saturated carbocycles. The number of hydrogen-bond acceptors (Lipinski definition) is 4. The maximum Gasteiger partial charge on any atom is 0.193 e. The Morgan fingerprint density at radius 2 is 1.50 bits per heavy atom. The third kappa shape index (κ3) is 5.91. The van der Waals surface area contributed by atoms with Crippen LogP contribution in [0, 0.1) is 29.6 Å². The van der Waals surface area contributed by atoms with E-state index in [4.69, 9.17) is 13.6 Å². The summed E-state index contributed by atoms with van der Waals surface area (Å²) in [4.78, 5) is 12.8. The fourth-order valence-corrected chi connectivity index (χ4v) is 8.37. The molecule has 3 fully saturated rings. The smallest absolute Gasteiger partial charge is 0.193 e. The molecule has 0 unspecified atom stereocenters. The van der Waals surface area contributed by atoms with Gasteiger partial charge in [0, 0.05) is 19.4 Å². The molecule has 6 heteroatoms. The van der Waals surface area contributed by atoms with E-state index in [1.807, 2.05) is 0 Å². The number of carbonyl (C=O) groups is 1. The van der Waals surface area contributed by atoms with E-state index in [1.165, 1.54) is 32.1 Å². The van der Waals surface area contributed by atoms with Crippen molar-refractivity contribution in [2.24, 2.45) is 17.8 Å². The lowest BCUT2D eigenvalue weighted by Crippen LogP contribution is -2.65. The zero-order chi connectivity index (χ0) is 27.2. The summed E-state index contributed by atoms with van der Waals surface area (Å²) in [7, 11) is -2.25. The Morgan fingerprint density at radius 3 is 2.00 bits per heavy atom. The Balaban J connectivity index is 1.96. The van der Waals surface area contributed by atoms with Gasteiger partial charge in [-0.05, 0) is 67.9 Å². The van der Waals surface area contributed by atoms with E-state index >= 15 is 0 Å². The number of methoxy groups -OCH3 is 1. The zero-order valence-electron chi connectivity index (χ0n) is 25.2. The molecule has 0 aliphatic heterocycles. The molecule has 3 aliphatic rings. The molecule has 0 spiro atoms. The quantitative estimate of drug-likeness (QED) is 0.258. The molecule has 0 N–H and O–H groups in total. The van der Waals surface area contributed by atoms with Crippen molar-refractivity contribution in [2.45, 2.75) is 147 Å². The van der Waals surface area contributed by atoms with Crippen molar-refractivity contribution >= 4 is 22.4 Å². The molecule has 0 amide bonds. The molecule has 0 saturated heterocycles. The Hall–Kier alpha value is -0.456. The van der Waals surface area contributed by atoms with Crippen LogP contribution in [0.4, 0.5) is 0 Å². The average Bonchev–Trinajstić information content (AvgIpc) is 2.76. The molecular formula is C30H54O4Si2. The number of carbonyl (C=O) groups excluding carboxylic acids is 1. The van der Waals surface area contributed by atoms with Gasteiger partial charge in [-0.1, -0.05) is 72.6 Å². The third-order valence-electron chi connectivity index (χ3n) is 10.4. The minimum Gasteiger partial charge on any atom is -0.413 e. The van der Waals surface area contributed by atoms with Crippen LogP contribution >= 0.6 is 0 Å². The van der Waals surface area contributed by atoms with Gasteiger partial charge in [-0.15, -0.1) is 0 Å². The van der Waals surface area contributed by atoms with E-state index < -0.39 is 22.2 Å². The van der Waals surface area contributed by atoms with Gasteiger partial charge in [0.25, 0.3) is 0 Å². The fourth-order valence-electron chi connectivity index (χ4n) is 5.75. The van der Waals surface area contributed by atoms with Gasteiger partial charge >= 0.3 is 0 Å². The van der Waals surface area contributed by atoms with Crippen LogP contribution in [0.15, 0.2) is 0 Å². The van der Waals surface area contributed by atoms with Crippen molar-refractivity contribution in [3.8, 4) is 11.8 Å². The Morgan fingerprint density at radius 1 is 0.917 bits per heavy atom. The molecule has 5 atom stereocenters. The van der Waals surface area contributed by atoms with Crippen molar-refractivity contribution in [3.63, 3.8) is 0 Å². The first-order valence-corrected chi connectivity index (χ1v) is 20.2. The molecule has 0 radical (unpaired) electrons. The van der Waals surface area contributed by atoms with Crippen LogP contribution in [-0.4, -0.2) is 47.3 Å². The standard InChI is InChI=1S/C30H54O4Si2/c1-28(2,3)35(8,9)33-25(22-15-13-12-14-16-22)18-17-23-24-21-27(31)30(24,32-7)20-19-26(23)34-36(10,11)29(4,5)6/h22-26H,12-16,19-21H2,1-11H3/t23-,24-,25-,26-,30-/m1/s1. The second-order valence-electron chi connectivity index (χ2n) is 14.8. The molecule has 0 bridgehead atoms. The van der Waals surface area contributed by atoms with Crippen LogP contribution in [0.1, 0.15) is 92.9 Å². The predicted octanol–water partition coefficient (Wildman–Crippen LogP) is 7.74.